The Morgan fingerprint density at radius 3 is 1.71 bits per heavy atom. The predicted molar refractivity (Wildman–Crippen MR) is 208 cm³/mol. The zero-order chi connectivity index (χ0) is 48.0. The van der Waals surface area contributed by atoms with Crippen LogP contribution < -0.4 is 0 Å². The van der Waals surface area contributed by atoms with Gasteiger partial charge in [0.1, 0.15) is 11.2 Å². The molecule has 0 fully saturated rings. The first-order valence-corrected chi connectivity index (χ1v) is 15.4. The first kappa shape index (κ1) is 15.2. The molecule has 1 nitrogen and oxygen atoms in total. The van der Waals surface area contributed by atoms with Crippen molar-refractivity contribution < 1.29 is 29.1 Å². The van der Waals surface area contributed by atoms with Crippen molar-refractivity contribution in [1.82, 2.24) is 0 Å². The Kier molecular flexibility index (Phi) is 3.43. The Bertz CT molecular complexity index is 3800. The fourth-order valence-corrected chi connectivity index (χ4v) is 6.68. The SMILES string of the molecule is [2H]c1c([2H])c([2H])c(-c2cccc(-c3c4ccccc4c(-c4c([2H])c([2H])c([2H])c5oc6c7c([2H])c([2H])c(-c8c([2H])c([2H])c([2H])c([2H])c8[2H])c([2H])c7c([2H])c([2H])c6c45)c4ccccc34)c2)c([2H])c1[2H]. The van der Waals surface area contributed by atoms with Crippen LogP contribution in [0.1, 0.15) is 24.7 Å². The lowest BCUT2D eigenvalue weighted by Gasteiger charge is -2.18. The van der Waals surface area contributed by atoms with E-state index in [9.17, 15) is 6.85 Å². The number of rotatable bonds is 4. The summed E-state index contributed by atoms with van der Waals surface area (Å²) < 4.78 is 164. The average Bonchev–Trinajstić information content (AvgIpc) is 3.72. The van der Waals surface area contributed by atoms with E-state index in [0.29, 0.717) is 43.8 Å². The molecule has 0 spiro atoms. The van der Waals surface area contributed by atoms with Gasteiger partial charge in [-0.1, -0.05) is 151 Å². The van der Waals surface area contributed by atoms with Crippen LogP contribution in [0.4, 0.5) is 0 Å². The molecule has 0 bridgehead atoms. The van der Waals surface area contributed by atoms with Crippen LogP contribution in [0.25, 0.3) is 98.8 Å². The smallest absolute Gasteiger partial charge is 0.143 e. The van der Waals surface area contributed by atoms with Crippen LogP contribution in [-0.2, 0) is 0 Å². The van der Waals surface area contributed by atoms with Gasteiger partial charge >= 0.3 is 0 Å². The highest BCUT2D eigenvalue weighted by Crippen LogP contribution is 2.48. The van der Waals surface area contributed by atoms with E-state index in [1.54, 1.807) is 42.5 Å². The molecule has 49 heavy (non-hydrogen) atoms. The highest BCUT2D eigenvalue weighted by Gasteiger charge is 2.21. The van der Waals surface area contributed by atoms with Gasteiger partial charge in [-0.3, -0.25) is 0 Å². The molecule has 0 radical (unpaired) electrons. The Balaban J connectivity index is 1.33. The second kappa shape index (κ2) is 11.1. The standard InChI is InChI=1S/C48H30O/c1-3-13-31(14-4-1)33-17-11-18-36(30-33)45-38-19-7-9-21-40(38)46(41-22-10-8-20-39(41)45)42-23-12-24-44-47(42)43-28-26-35-29-34(32-15-5-2-6-16-32)25-27-37(35)48(43)49-44/h1-30H/i1D,2D,3D,4D,5D,6D,12D,13D,14D,15D,16D,23D,24D,25D,26D,27D,28D,29D. The van der Waals surface area contributed by atoms with Crippen molar-refractivity contribution in [2.75, 3.05) is 0 Å². The molecule has 0 atom stereocenters. The van der Waals surface area contributed by atoms with Gasteiger partial charge in [0.2, 0.25) is 0 Å². The van der Waals surface area contributed by atoms with Crippen molar-refractivity contribution in [2.24, 2.45) is 0 Å². The van der Waals surface area contributed by atoms with E-state index in [2.05, 4.69) is 0 Å². The summed E-state index contributed by atoms with van der Waals surface area (Å²) in [6, 6.07) is 10.9. The third-order valence-electron chi connectivity index (χ3n) is 8.75. The zero-order valence-electron chi connectivity index (χ0n) is 43.3. The molecule has 10 rings (SSSR count). The highest BCUT2D eigenvalue weighted by molar-refractivity contribution is 6.27. The van der Waals surface area contributed by atoms with Gasteiger partial charge in [0.05, 0.1) is 24.7 Å². The fraction of sp³-hybridized carbons (Fsp3) is 0. The monoisotopic (exact) mass is 640 g/mol. The summed E-state index contributed by atoms with van der Waals surface area (Å²) in [5, 5.41) is 1.59. The van der Waals surface area contributed by atoms with Crippen LogP contribution in [0.15, 0.2) is 186 Å². The second-order valence-corrected chi connectivity index (χ2v) is 11.4. The molecule has 1 aromatic heterocycles. The summed E-state index contributed by atoms with van der Waals surface area (Å²) in [4.78, 5) is 0. The third-order valence-corrected chi connectivity index (χ3v) is 8.75. The van der Waals surface area contributed by atoms with E-state index in [1.165, 1.54) is 0 Å². The molecule has 228 valence electrons. The minimum atomic E-state index is -0.732. The summed E-state index contributed by atoms with van der Waals surface area (Å²) in [5.74, 6) is 0. The van der Waals surface area contributed by atoms with E-state index in [4.69, 9.17) is 22.2 Å². The molecule has 10 aromatic rings. The largest absolute Gasteiger partial charge is 0.455 e. The molecule has 0 aliphatic carbocycles. The van der Waals surface area contributed by atoms with Gasteiger partial charge < -0.3 is 4.42 Å². The van der Waals surface area contributed by atoms with Gasteiger partial charge in [0.15, 0.2) is 0 Å². The lowest BCUT2D eigenvalue weighted by Crippen LogP contribution is -1.91. The molecular weight excluding hydrogens is 593 g/mol. The minimum absolute atomic E-state index is 0.000187. The molecular formula is C48H30O. The molecule has 0 saturated heterocycles. The Hall–Kier alpha value is -6.44. The van der Waals surface area contributed by atoms with Gasteiger partial charge in [-0.05, 0) is 102 Å². The number of fused-ring (bicyclic) bond motifs is 7. The maximum atomic E-state index is 9.55. The fourth-order valence-electron chi connectivity index (χ4n) is 6.68. The molecule has 0 unspecified atom stereocenters. The normalized spacial score (nSPS) is 16.8. The van der Waals surface area contributed by atoms with Gasteiger partial charge in [0, 0.05) is 16.2 Å². The van der Waals surface area contributed by atoms with Crippen molar-refractivity contribution in [3.8, 4) is 44.5 Å². The van der Waals surface area contributed by atoms with Crippen LogP contribution >= 0.6 is 0 Å². The van der Waals surface area contributed by atoms with Gasteiger partial charge in [-0.25, -0.2) is 0 Å². The highest BCUT2D eigenvalue weighted by atomic mass is 16.3. The summed E-state index contributed by atoms with van der Waals surface area (Å²) >= 11 is 0. The summed E-state index contributed by atoms with van der Waals surface area (Å²) in [6.45, 7) is 0. The van der Waals surface area contributed by atoms with E-state index in [-0.39, 0.29) is 55.9 Å². The van der Waals surface area contributed by atoms with E-state index in [0.717, 1.165) is 0 Å². The van der Waals surface area contributed by atoms with Crippen LogP contribution in [0, 0.1) is 0 Å². The van der Waals surface area contributed by atoms with Crippen molar-refractivity contribution >= 4 is 54.3 Å². The second-order valence-electron chi connectivity index (χ2n) is 11.4. The van der Waals surface area contributed by atoms with Crippen LogP contribution in [0.2, 0.25) is 0 Å². The van der Waals surface area contributed by atoms with Crippen molar-refractivity contribution in [3.05, 3.63) is 182 Å². The molecule has 1 heterocycles. The van der Waals surface area contributed by atoms with Gasteiger partial charge in [-0.2, -0.15) is 0 Å². The third kappa shape index (κ3) is 4.40. The van der Waals surface area contributed by atoms with E-state index < -0.39 is 108 Å². The maximum absolute atomic E-state index is 9.55. The summed E-state index contributed by atoms with van der Waals surface area (Å²) in [7, 11) is 0. The van der Waals surface area contributed by atoms with Crippen LogP contribution in [0.5, 0.6) is 0 Å². The number of benzene rings is 9. The van der Waals surface area contributed by atoms with E-state index >= 15 is 0 Å². The lowest BCUT2D eigenvalue weighted by molar-refractivity contribution is 0.673. The minimum Gasteiger partial charge on any atom is -0.455 e. The molecule has 1 heteroatoms. The van der Waals surface area contributed by atoms with E-state index in [1.807, 2.05) is 30.3 Å². The maximum Gasteiger partial charge on any atom is 0.143 e. The lowest BCUT2D eigenvalue weighted by atomic mass is 9.84. The first-order chi connectivity index (χ1) is 31.8. The Labute approximate surface area is 309 Å². The molecule has 0 aliphatic rings. The molecule has 0 saturated carbocycles. The quantitative estimate of drug-likeness (QED) is 0.174. The first-order valence-electron chi connectivity index (χ1n) is 24.4. The van der Waals surface area contributed by atoms with Crippen molar-refractivity contribution in [1.29, 1.82) is 0 Å². The van der Waals surface area contributed by atoms with Crippen LogP contribution in [0.3, 0.4) is 0 Å². The molecule has 0 amide bonds. The Morgan fingerprint density at radius 2 is 1.02 bits per heavy atom. The molecule has 0 N–H and O–H groups in total. The number of hydrogen-bond acceptors (Lipinski definition) is 1. The zero-order valence-corrected chi connectivity index (χ0v) is 25.3. The van der Waals surface area contributed by atoms with Crippen molar-refractivity contribution in [3.63, 3.8) is 0 Å². The summed E-state index contributed by atoms with van der Waals surface area (Å²) in [5.41, 5.74) is 0.592. The van der Waals surface area contributed by atoms with Gasteiger partial charge in [-0.15, -0.1) is 0 Å². The predicted octanol–water partition coefficient (Wildman–Crippen LogP) is 13.7. The number of hydrogen-bond donors (Lipinski definition) is 0. The molecule has 0 aliphatic heterocycles. The topological polar surface area (TPSA) is 13.1 Å². The number of furan rings is 1. The Morgan fingerprint density at radius 1 is 0.408 bits per heavy atom. The van der Waals surface area contributed by atoms with Gasteiger partial charge in [0.25, 0.3) is 0 Å². The molecule has 9 aromatic carbocycles. The summed E-state index contributed by atoms with van der Waals surface area (Å²) in [6.07, 6.45) is 0. The van der Waals surface area contributed by atoms with Crippen molar-refractivity contribution in [2.45, 2.75) is 0 Å². The van der Waals surface area contributed by atoms with Crippen LogP contribution in [-0.4, -0.2) is 0 Å². The average molecular weight is 641 g/mol.